The lowest BCUT2D eigenvalue weighted by molar-refractivity contribution is -0.166. The largest absolute Gasteiger partial charge is 0.481 e. The minimum atomic E-state index is -0.837. The molecule has 21 heavy (non-hydrogen) atoms. The lowest BCUT2D eigenvalue weighted by Crippen LogP contribution is -2.47. The van der Waals surface area contributed by atoms with Crippen LogP contribution in [0.2, 0.25) is 0 Å². The van der Waals surface area contributed by atoms with E-state index in [1.54, 1.807) is 0 Å². The number of hydrogen-bond acceptors (Lipinski definition) is 2. The number of benzene rings is 1. The molecule has 0 fully saturated rings. The molecule has 2 heterocycles. The molecule has 0 saturated carbocycles. The summed E-state index contributed by atoms with van der Waals surface area (Å²) in [7, 11) is 0. The Morgan fingerprint density at radius 1 is 1.38 bits per heavy atom. The summed E-state index contributed by atoms with van der Waals surface area (Å²) in [4.78, 5) is 14.9. The van der Waals surface area contributed by atoms with Crippen molar-refractivity contribution in [2.75, 3.05) is 6.61 Å². The van der Waals surface area contributed by atoms with Crippen LogP contribution in [0.15, 0.2) is 24.3 Å². The third kappa shape index (κ3) is 2.05. The van der Waals surface area contributed by atoms with E-state index in [9.17, 15) is 9.90 Å². The molecule has 0 radical (unpaired) electrons. The molecule has 1 aliphatic heterocycles. The number of carboxylic acid groups (broad SMARTS) is 1. The maximum Gasteiger partial charge on any atom is 0.306 e. The molecule has 2 aromatic rings. The van der Waals surface area contributed by atoms with Gasteiger partial charge in [0.15, 0.2) is 0 Å². The van der Waals surface area contributed by atoms with E-state index in [1.165, 1.54) is 10.9 Å². The number of aromatic nitrogens is 1. The lowest BCUT2D eigenvalue weighted by Gasteiger charge is -2.46. The zero-order valence-electron chi connectivity index (χ0n) is 12.7. The number of fused-ring (bicyclic) bond motifs is 3. The Hall–Kier alpha value is -1.81. The quantitative estimate of drug-likeness (QED) is 0.889. The second-order valence-electron chi connectivity index (χ2n) is 6.77. The fraction of sp³-hybridized carbons (Fsp3) is 0.471. The predicted octanol–water partition coefficient (Wildman–Crippen LogP) is 3.46. The minimum absolute atomic E-state index is 0.0314. The zero-order valence-corrected chi connectivity index (χ0v) is 12.7. The van der Waals surface area contributed by atoms with Gasteiger partial charge in [0.25, 0.3) is 0 Å². The number of carboxylic acids is 1. The number of aromatic amines is 1. The second-order valence-corrected chi connectivity index (χ2v) is 6.77. The zero-order chi connectivity index (χ0) is 15.3. The van der Waals surface area contributed by atoms with Gasteiger partial charge in [0.1, 0.15) is 5.60 Å². The first kappa shape index (κ1) is 14.1. The van der Waals surface area contributed by atoms with E-state index in [1.807, 2.05) is 39.0 Å². The van der Waals surface area contributed by atoms with Crippen LogP contribution in [0.3, 0.4) is 0 Å². The molecule has 3 rings (SSSR count). The molecule has 1 atom stereocenters. The van der Waals surface area contributed by atoms with Crippen LogP contribution in [0.1, 0.15) is 38.4 Å². The third-order valence-electron chi connectivity index (χ3n) is 4.53. The maximum atomic E-state index is 11.5. The van der Waals surface area contributed by atoms with Crippen molar-refractivity contribution in [1.82, 2.24) is 4.98 Å². The van der Waals surface area contributed by atoms with Gasteiger partial charge in [0.05, 0.1) is 18.7 Å². The smallest absolute Gasteiger partial charge is 0.306 e. The lowest BCUT2D eigenvalue weighted by atomic mass is 9.70. The molecule has 1 aliphatic rings. The van der Waals surface area contributed by atoms with E-state index in [-0.39, 0.29) is 11.8 Å². The van der Waals surface area contributed by atoms with Gasteiger partial charge in [-0.2, -0.15) is 0 Å². The molecular weight excluding hydrogens is 266 g/mol. The Balaban J connectivity index is 2.28. The molecule has 0 unspecified atom stereocenters. The summed E-state index contributed by atoms with van der Waals surface area (Å²) >= 11 is 0. The van der Waals surface area contributed by atoms with Crippen molar-refractivity contribution in [2.45, 2.75) is 39.2 Å². The highest BCUT2D eigenvalue weighted by atomic mass is 16.5. The second kappa shape index (κ2) is 4.60. The SMILES string of the molecule is CC(C)(C)[C@@]1(CC(=O)O)OCCc2c1[nH]c1ccccc21. The molecule has 112 valence electrons. The molecule has 4 nitrogen and oxygen atoms in total. The van der Waals surface area contributed by atoms with Crippen molar-refractivity contribution in [1.29, 1.82) is 0 Å². The molecule has 1 aromatic carbocycles. The Bertz CT molecular complexity index is 696. The van der Waals surface area contributed by atoms with Gasteiger partial charge in [-0.15, -0.1) is 0 Å². The van der Waals surface area contributed by atoms with Crippen molar-refractivity contribution in [2.24, 2.45) is 5.41 Å². The number of para-hydroxylation sites is 1. The van der Waals surface area contributed by atoms with Gasteiger partial charge in [0, 0.05) is 10.9 Å². The summed E-state index contributed by atoms with van der Waals surface area (Å²) in [6.07, 6.45) is 0.785. The van der Waals surface area contributed by atoms with Gasteiger partial charge in [-0.05, 0) is 23.5 Å². The highest BCUT2D eigenvalue weighted by Gasteiger charge is 2.50. The van der Waals surface area contributed by atoms with Crippen LogP contribution in [-0.2, 0) is 21.6 Å². The summed E-state index contributed by atoms with van der Waals surface area (Å²) in [5.41, 5.74) is 2.05. The summed E-state index contributed by atoms with van der Waals surface area (Å²) in [5.74, 6) is -0.837. The monoisotopic (exact) mass is 287 g/mol. The van der Waals surface area contributed by atoms with E-state index < -0.39 is 11.6 Å². The fourth-order valence-corrected chi connectivity index (χ4v) is 3.41. The van der Waals surface area contributed by atoms with Gasteiger partial charge in [0.2, 0.25) is 0 Å². The van der Waals surface area contributed by atoms with Crippen LogP contribution < -0.4 is 0 Å². The first-order chi connectivity index (χ1) is 9.85. The molecule has 0 spiro atoms. The summed E-state index contributed by atoms with van der Waals surface area (Å²) < 4.78 is 6.08. The van der Waals surface area contributed by atoms with E-state index in [0.29, 0.717) is 6.61 Å². The van der Waals surface area contributed by atoms with Gasteiger partial charge < -0.3 is 14.8 Å². The molecule has 0 bridgehead atoms. The highest BCUT2D eigenvalue weighted by molar-refractivity contribution is 5.85. The van der Waals surface area contributed by atoms with Gasteiger partial charge >= 0.3 is 5.97 Å². The summed E-state index contributed by atoms with van der Waals surface area (Å²) in [5, 5.41) is 10.6. The summed E-state index contributed by atoms with van der Waals surface area (Å²) in [6.45, 7) is 6.67. The fourth-order valence-electron chi connectivity index (χ4n) is 3.41. The van der Waals surface area contributed by atoms with Crippen LogP contribution >= 0.6 is 0 Å². The minimum Gasteiger partial charge on any atom is -0.481 e. The van der Waals surface area contributed by atoms with Crippen LogP contribution in [0.5, 0.6) is 0 Å². The number of hydrogen-bond donors (Lipinski definition) is 2. The molecule has 1 aromatic heterocycles. The highest BCUT2D eigenvalue weighted by Crippen LogP contribution is 2.49. The standard InChI is InChI=1S/C17H21NO3/c1-16(2,3)17(10-14(19)20)15-12(8-9-21-17)11-6-4-5-7-13(11)18-15/h4-7,18H,8-10H2,1-3H3,(H,19,20)/t17-/m0/s1. The topological polar surface area (TPSA) is 62.3 Å². The number of rotatable bonds is 2. The maximum absolute atomic E-state index is 11.5. The number of ether oxygens (including phenoxy) is 1. The Morgan fingerprint density at radius 2 is 2.10 bits per heavy atom. The third-order valence-corrected chi connectivity index (χ3v) is 4.53. The Kier molecular flexibility index (Phi) is 3.10. The average molecular weight is 287 g/mol. The molecule has 0 saturated heterocycles. The molecule has 0 aliphatic carbocycles. The number of aliphatic carboxylic acids is 1. The van der Waals surface area contributed by atoms with Crippen LogP contribution in [-0.4, -0.2) is 22.7 Å². The van der Waals surface area contributed by atoms with Crippen molar-refractivity contribution in [3.05, 3.63) is 35.5 Å². The molecule has 2 N–H and O–H groups in total. The first-order valence-electron chi connectivity index (χ1n) is 7.31. The number of carbonyl (C=O) groups is 1. The van der Waals surface area contributed by atoms with Gasteiger partial charge in [-0.1, -0.05) is 39.0 Å². The van der Waals surface area contributed by atoms with Crippen LogP contribution in [0.25, 0.3) is 10.9 Å². The van der Waals surface area contributed by atoms with E-state index >= 15 is 0 Å². The van der Waals surface area contributed by atoms with Crippen molar-refractivity contribution in [3.8, 4) is 0 Å². The molecule has 4 heteroatoms. The Labute approximate surface area is 124 Å². The van der Waals surface area contributed by atoms with E-state index in [0.717, 1.165) is 17.6 Å². The number of H-pyrrole nitrogens is 1. The van der Waals surface area contributed by atoms with E-state index in [4.69, 9.17) is 4.74 Å². The van der Waals surface area contributed by atoms with Crippen LogP contribution in [0.4, 0.5) is 0 Å². The average Bonchev–Trinajstić information content (AvgIpc) is 2.77. The Morgan fingerprint density at radius 3 is 2.76 bits per heavy atom. The van der Waals surface area contributed by atoms with Crippen molar-refractivity contribution in [3.63, 3.8) is 0 Å². The van der Waals surface area contributed by atoms with Crippen molar-refractivity contribution < 1.29 is 14.6 Å². The van der Waals surface area contributed by atoms with Crippen LogP contribution in [0, 0.1) is 5.41 Å². The summed E-state index contributed by atoms with van der Waals surface area (Å²) in [6, 6.07) is 8.12. The molecule has 0 amide bonds. The number of nitrogens with one attached hydrogen (secondary N) is 1. The normalized spacial score (nSPS) is 22.2. The van der Waals surface area contributed by atoms with Gasteiger partial charge in [-0.25, -0.2) is 0 Å². The van der Waals surface area contributed by atoms with Crippen molar-refractivity contribution >= 4 is 16.9 Å². The van der Waals surface area contributed by atoms with E-state index in [2.05, 4.69) is 11.1 Å². The first-order valence-corrected chi connectivity index (χ1v) is 7.31. The predicted molar refractivity (Wildman–Crippen MR) is 81.3 cm³/mol. The van der Waals surface area contributed by atoms with Gasteiger partial charge in [-0.3, -0.25) is 4.79 Å². The molecular formula is C17H21NO3.